The molecule has 0 spiro atoms. The number of hydrogen-bond acceptors (Lipinski definition) is 2. The van der Waals surface area contributed by atoms with E-state index in [-0.39, 0.29) is 20.8 Å². The number of nitrogens with one attached hydrogen (secondary N) is 1. The zero-order valence-corrected chi connectivity index (χ0v) is 12.8. The molecule has 3 nitrogen and oxygen atoms in total. The van der Waals surface area contributed by atoms with Crippen LogP contribution in [0.5, 0.6) is 5.75 Å². The van der Waals surface area contributed by atoms with Crippen LogP contribution >= 0.6 is 46.4 Å². The lowest BCUT2D eigenvalue weighted by Crippen LogP contribution is -2.16. The average Bonchev–Trinajstić information content (AvgIpc) is 2.39. The van der Waals surface area contributed by atoms with Crippen molar-refractivity contribution in [2.75, 3.05) is 5.32 Å². The summed E-state index contributed by atoms with van der Waals surface area (Å²) in [7, 11) is 0. The normalized spacial score (nSPS) is 10.2. The molecule has 20 heavy (non-hydrogen) atoms. The van der Waals surface area contributed by atoms with E-state index in [0.717, 1.165) is 0 Å². The highest BCUT2D eigenvalue weighted by Crippen LogP contribution is 2.34. The quantitative estimate of drug-likeness (QED) is 0.683. The van der Waals surface area contributed by atoms with Gasteiger partial charge in [0.2, 0.25) is 0 Å². The van der Waals surface area contributed by atoms with E-state index >= 15 is 0 Å². The highest BCUT2D eigenvalue weighted by atomic mass is 35.5. The first-order valence-corrected chi connectivity index (χ1v) is 6.86. The summed E-state index contributed by atoms with van der Waals surface area (Å²) in [5.74, 6) is 0.118. The summed E-state index contributed by atoms with van der Waals surface area (Å²) in [5.41, 5.74) is 0.538. The van der Waals surface area contributed by atoms with E-state index in [0.29, 0.717) is 10.7 Å². The zero-order chi connectivity index (χ0) is 14.7. The van der Waals surface area contributed by atoms with E-state index in [1.807, 2.05) is 0 Å². The number of amides is 1. The van der Waals surface area contributed by atoms with Crippen molar-refractivity contribution in [2.45, 2.75) is 0 Å². The van der Waals surface area contributed by atoms with E-state index in [1.54, 1.807) is 24.3 Å². The van der Waals surface area contributed by atoms with Gasteiger partial charge in [-0.15, -0.1) is 0 Å². The number of hydrogen-bond donors (Lipinski definition) is 1. The van der Waals surface area contributed by atoms with E-state index in [9.17, 15) is 4.79 Å². The van der Waals surface area contributed by atoms with E-state index < -0.39 is 6.09 Å². The van der Waals surface area contributed by atoms with E-state index in [2.05, 4.69) is 5.32 Å². The van der Waals surface area contributed by atoms with Gasteiger partial charge in [0, 0.05) is 16.8 Å². The smallest absolute Gasteiger partial charge is 0.408 e. The molecule has 0 fully saturated rings. The molecule has 0 radical (unpaired) electrons. The second-order valence-corrected chi connectivity index (χ2v) is 5.38. The Hall–Kier alpha value is -1.13. The molecule has 0 aliphatic rings. The first-order valence-electron chi connectivity index (χ1n) is 5.34. The van der Waals surface area contributed by atoms with Crippen LogP contribution in [0, 0.1) is 0 Å². The van der Waals surface area contributed by atoms with Crippen molar-refractivity contribution in [2.24, 2.45) is 0 Å². The summed E-state index contributed by atoms with van der Waals surface area (Å²) in [4.78, 5) is 11.7. The van der Waals surface area contributed by atoms with Crippen LogP contribution < -0.4 is 10.1 Å². The Morgan fingerprint density at radius 2 is 1.50 bits per heavy atom. The van der Waals surface area contributed by atoms with Gasteiger partial charge in [-0.2, -0.15) is 0 Å². The molecule has 0 heterocycles. The molecule has 0 saturated heterocycles. The van der Waals surface area contributed by atoms with E-state index in [1.165, 1.54) is 12.1 Å². The fourth-order valence-corrected chi connectivity index (χ4v) is 2.06. The number of anilines is 1. The maximum absolute atomic E-state index is 11.7. The van der Waals surface area contributed by atoms with E-state index in [4.69, 9.17) is 51.1 Å². The van der Waals surface area contributed by atoms with Crippen molar-refractivity contribution in [3.05, 3.63) is 56.5 Å². The average molecular weight is 351 g/mol. The van der Waals surface area contributed by atoms with Gasteiger partial charge in [0.15, 0.2) is 5.75 Å². The maximum Gasteiger partial charge on any atom is 0.417 e. The molecule has 0 atom stereocenters. The summed E-state index contributed by atoms with van der Waals surface area (Å²) in [6, 6.07) is 9.33. The fourth-order valence-electron chi connectivity index (χ4n) is 1.36. The van der Waals surface area contributed by atoms with Crippen molar-refractivity contribution < 1.29 is 9.53 Å². The standard InChI is InChI=1S/C13H7Cl4NO2/c14-7-1-3-8(4-2-7)18-13(19)20-12-6-10(16)9(15)5-11(12)17/h1-6H,(H,18,19). The molecule has 2 aromatic rings. The van der Waals surface area contributed by atoms with Crippen LogP contribution in [0.2, 0.25) is 20.1 Å². The van der Waals surface area contributed by atoms with Gasteiger partial charge >= 0.3 is 6.09 Å². The summed E-state index contributed by atoms with van der Waals surface area (Å²) in [6.45, 7) is 0. The second-order valence-electron chi connectivity index (χ2n) is 3.72. The Bertz CT molecular complexity index is 644. The molecule has 0 saturated carbocycles. The number of ether oxygens (including phenoxy) is 1. The molecule has 0 aromatic heterocycles. The molecule has 0 unspecified atom stereocenters. The Morgan fingerprint density at radius 3 is 2.15 bits per heavy atom. The lowest BCUT2D eigenvalue weighted by Gasteiger charge is -2.09. The monoisotopic (exact) mass is 349 g/mol. The third kappa shape index (κ3) is 3.93. The highest BCUT2D eigenvalue weighted by molar-refractivity contribution is 6.43. The van der Waals surface area contributed by atoms with Gasteiger partial charge in [-0.25, -0.2) is 4.79 Å². The molecular formula is C13H7Cl4NO2. The van der Waals surface area contributed by atoms with Crippen molar-refractivity contribution in [3.63, 3.8) is 0 Å². The Morgan fingerprint density at radius 1 is 0.900 bits per heavy atom. The first-order chi connectivity index (χ1) is 9.45. The van der Waals surface area contributed by atoms with Gasteiger partial charge in [-0.05, 0) is 30.3 Å². The van der Waals surface area contributed by atoms with Gasteiger partial charge in [0.1, 0.15) is 0 Å². The van der Waals surface area contributed by atoms with Crippen molar-refractivity contribution in [1.29, 1.82) is 0 Å². The number of benzene rings is 2. The summed E-state index contributed by atoms with van der Waals surface area (Å²) in [6.07, 6.45) is -0.701. The maximum atomic E-state index is 11.7. The summed E-state index contributed by atoms with van der Waals surface area (Å²) < 4.78 is 5.06. The lowest BCUT2D eigenvalue weighted by atomic mass is 10.3. The molecule has 7 heteroatoms. The number of halogens is 4. The Balaban J connectivity index is 2.08. The van der Waals surface area contributed by atoms with Gasteiger partial charge in [-0.3, -0.25) is 5.32 Å². The minimum absolute atomic E-state index is 0.118. The lowest BCUT2D eigenvalue weighted by molar-refractivity contribution is 0.215. The van der Waals surface area contributed by atoms with Crippen molar-refractivity contribution in [3.8, 4) is 5.75 Å². The van der Waals surface area contributed by atoms with Crippen LogP contribution in [-0.4, -0.2) is 6.09 Å². The Kier molecular flexibility index (Phi) is 5.00. The van der Waals surface area contributed by atoms with Crippen LogP contribution in [-0.2, 0) is 0 Å². The zero-order valence-electron chi connectivity index (χ0n) is 9.79. The van der Waals surface area contributed by atoms with Crippen LogP contribution in [0.25, 0.3) is 0 Å². The molecular weight excluding hydrogens is 344 g/mol. The third-order valence-electron chi connectivity index (χ3n) is 2.27. The summed E-state index contributed by atoms with van der Waals surface area (Å²) in [5, 5.41) is 3.80. The van der Waals surface area contributed by atoms with Crippen LogP contribution in [0.1, 0.15) is 0 Å². The number of carbonyl (C=O) groups is 1. The molecule has 0 aliphatic carbocycles. The van der Waals surface area contributed by atoms with Crippen LogP contribution in [0.15, 0.2) is 36.4 Å². The molecule has 1 amide bonds. The van der Waals surface area contributed by atoms with Gasteiger partial charge in [0.25, 0.3) is 0 Å². The first kappa shape index (κ1) is 15.3. The largest absolute Gasteiger partial charge is 0.417 e. The minimum atomic E-state index is -0.701. The van der Waals surface area contributed by atoms with Crippen molar-refractivity contribution in [1.82, 2.24) is 0 Å². The molecule has 0 bridgehead atoms. The van der Waals surface area contributed by atoms with Gasteiger partial charge < -0.3 is 4.74 Å². The molecule has 1 N–H and O–H groups in total. The van der Waals surface area contributed by atoms with Crippen LogP contribution in [0.4, 0.5) is 10.5 Å². The SMILES string of the molecule is O=C(Nc1ccc(Cl)cc1)Oc1cc(Cl)c(Cl)cc1Cl. The highest BCUT2D eigenvalue weighted by Gasteiger charge is 2.11. The Labute approximate surface area is 135 Å². The van der Waals surface area contributed by atoms with Crippen molar-refractivity contribution >= 4 is 58.2 Å². The molecule has 2 rings (SSSR count). The fraction of sp³-hybridized carbons (Fsp3) is 0. The predicted octanol–water partition coefficient (Wildman–Crippen LogP) is 5.91. The second kappa shape index (κ2) is 6.55. The van der Waals surface area contributed by atoms with Crippen LogP contribution in [0.3, 0.4) is 0 Å². The van der Waals surface area contributed by atoms with Gasteiger partial charge in [-0.1, -0.05) is 46.4 Å². The third-order valence-corrected chi connectivity index (χ3v) is 3.54. The van der Waals surface area contributed by atoms with Gasteiger partial charge in [0.05, 0.1) is 15.1 Å². The predicted molar refractivity (Wildman–Crippen MR) is 82.6 cm³/mol. The molecule has 104 valence electrons. The number of rotatable bonds is 2. The minimum Gasteiger partial charge on any atom is -0.408 e. The molecule has 2 aromatic carbocycles. The topological polar surface area (TPSA) is 38.3 Å². The molecule has 0 aliphatic heterocycles. The summed E-state index contributed by atoms with van der Waals surface area (Å²) >= 11 is 23.3. The number of carbonyl (C=O) groups excluding carboxylic acids is 1.